The first kappa shape index (κ1) is 12.8. The molecule has 0 heterocycles. The van der Waals surface area contributed by atoms with Gasteiger partial charge in [-0.1, -0.05) is 43.1 Å². The highest BCUT2D eigenvalue weighted by molar-refractivity contribution is 6.42. The van der Waals surface area contributed by atoms with Gasteiger partial charge in [-0.15, -0.1) is 0 Å². The summed E-state index contributed by atoms with van der Waals surface area (Å²) in [6.45, 7) is 7.41. The summed E-state index contributed by atoms with van der Waals surface area (Å²) in [5.74, 6) is 0.632. The first-order chi connectivity index (χ1) is 7.00. The molecule has 1 atom stereocenters. The van der Waals surface area contributed by atoms with Gasteiger partial charge in [0.15, 0.2) is 0 Å². The highest BCUT2D eigenvalue weighted by Crippen LogP contribution is 2.22. The summed E-state index contributed by atoms with van der Waals surface area (Å²) >= 11 is 11.8. The fourth-order valence-corrected chi connectivity index (χ4v) is 1.48. The maximum absolute atomic E-state index is 5.93. The zero-order valence-corrected chi connectivity index (χ0v) is 10.9. The molecular weight excluding hydrogens is 229 g/mol. The summed E-state index contributed by atoms with van der Waals surface area (Å²) in [4.78, 5) is 0. The largest absolute Gasteiger partial charge is 0.310 e. The summed E-state index contributed by atoms with van der Waals surface area (Å²) < 4.78 is 0. The van der Waals surface area contributed by atoms with Crippen molar-refractivity contribution in [2.75, 3.05) is 0 Å². The minimum Gasteiger partial charge on any atom is -0.310 e. The van der Waals surface area contributed by atoms with Gasteiger partial charge in [-0.25, -0.2) is 0 Å². The predicted molar refractivity (Wildman–Crippen MR) is 67.6 cm³/mol. The summed E-state index contributed by atoms with van der Waals surface area (Å²) in [5, 5.41) is 4.67. The monoisotopic (exact) mass is 245 g/mol. The molecule has 0 aliphatic heterocycles. The summed E-state index contributed by atoms with van der Waals surface area (Å²) in [5.41, 5.74) is 1.16. The van der Waals surface area contributed by atoms with Crippen LogP contribution in [0.2, 0.25) is 10.0 Å². The lowest BCUT2D eigenvalue weighted by Crippen LogP contribution is -2.30. The SMILES string of the molecule is CC(C)C(C)NCc1ccc(Cl)c(Cl)c1. The van der Waals surface area contributed by atoms with Crippen LogP contribution in [0.5, 0.6) is 0 Å². The molecule has 0 spiro atoms. The molecule has 3 heteroatoms. The number of halogens is 2. The van der Waals surface area contributed by atoms with Crippen molar-refractivity contribution in [1.29, 1.82) is 0 Å². The normalized spacial score (nSPS) is 13.2. The van der Waals surface area contributed by atoms with Crippen molar-refractivity contribution in [3.63, 3.8) is 0 Å². The van der Waals surface area contributed by atoms with E-state index in [1.54, 1.807) is 0 Å². The number of hydrogen-bond donors (Lipinski definition) is 1. The van der Waals surface area contributed by atoms with Crippen molar-refractivity contribution in [1.82, 2.24) is 5.32 Å². The van der Waals surface area contributed by atoms with Gasteiger partial charge in [-0.2, -0.15) is 0 Å². The van der Waals surface area contributed by atoms with Crippen LogP contribution >= 0.6 is 23.2 Å². The maximum atomic E-state index is 5.93. The fraction of sp³-hybridized carbons (Fsp3) is 0.500. The zero-order valence-electron chi connectivity index (χ0n) is 9.35. The smallest absolute Gasteiger partial charge is 0.0595 e. The van der Waals surface area contributed by atoms with E-state index in [4.69, 9.17) is 23.2 Å². The molecule has 1 nitrogen and oxygen atoms in total. The van der Waals surface area contributed by atoms with Crippen molar-refractivity contribution < 1.29 is 0 Å². The molecule has 0 bridgehead atoms. The lowest BCUT2D eigenvalue weighted by molar-refractivity contribution is 0.426. The van der Waals surface area contributed by atoms with Gasteiger partial charge in [0.05, 0.1) is 10.0 Å². The molecule has 1 aromatic carbocycles. The molecular formula is C12H17Cl2N. The van der Waals surface area contributed by atoms with Gasteiger partial charge in [0.1, 0.15) is 0 Å². The zero-order chi connectivity index (χ0) is 11.4. The van der Waals surface area contributed by atoms with E-state index in [0.717, 1.165) is 12.1 Å². The first-order valence-electron chi connectivity index (χ1n) is 5.18. The van der Waals surface area contributed by atoms with Crippen molar-refractivity contribution in [2.45, 2.75) is 33.4 Å². The molecule has 1 rings (SSSR count). The molecule has 0 fully saturated rings. The van der Waals surface area contributed by atoms with E-state index >= 15 is 0 Å². The minimum atomic E-state index is 0.499. The van der Waals surface area contributed by atoms with Gasteiger partial charge in [0.25, 0.3) is 0 Å². The van der Waals surface area contributed by atoms with E-state index < -0.39 is 0 Å². The second-order valence-electron chi connectivity index (χ2n) is 4.16. The Balaban J connectivity index is 2.55. The van der Waals surface area contributed by atoms with Crippen LogP contribution in [0.4, 0.5) is 0 Å². The van der Waals surface area contributed by atoms with Crippen LogP contribution in [-0.4, -0.2) is 6.04 Å². The summed E-state index contributed by atoms with van der Waals surface area (Å²) in [6.07, 6.45) is 0. The molecule has 0 aliphatic carbocycles. The molecule has 1 aromatic rings. The van der Waals surface area contributed by atoms with Crippen molar-refractivity contribution in [3.05, 3.63) is 33.8 Å². The average Bonchev–Trinajstić information content (AvgIpc) is 2.19. The lowest BCUT2D eigenvalue weighted by Gasteiger charge is -2.17. The second kappa shape index (κ2) is 5.74. The number of rotatable bonds is 4. The maximum Gasteiger partial charge on any atom is 0.0595 e. The molecule has 0 amide bonds. The van der Waals surface area contributed by atoms with Gasteiger partial charge >= 0.3 is 0 Å². The Labute approximate surface area is 102 Å². The van der Waals surface area contributed by atoms with E-state index in [2.05, 4.69) is 26.1 Å². The highest BCUT2D eigenvalue weighted by atomic mass is 35.5. The lowest BCUT2D eigenvalue weighted by atomic mass is 10.1. The Bertz CT molecular complexity index is 323. The Hall–Kier alpha value is -0.240. The second-order valence-corrected chi connectivity index (χ2v) is 4.98. The molecule has 0 aromatic heterocycles. The van der Waals surface area contributed by atoms with E-state index in [1.807, 2.05) is 18.2 Å². The third kappa shape index (κ3) is 4.02. The Morgan fingerprint density at radius 3 is 2.33 bits per heavy atom. The van der Waals surface area contributed by atoms with E-state index in [1.165, 1.54) is 0 Å². The molecule has 1 N–H and O–H groups in total. The Kier molecular flexibility index (Phi) is 4.91. The number of nitrogens with one attached hydrogen (secondary N) is 1. The van der Waals surface area contributed by atoms with Crippen LogP contribution in [0.1, 0.15) is 26.3 Å². The van der Waals surface area contributed by atoms with Crippen molar-refractivity contribution >= 4 is 23.2 Å². The average molecular weight is 246 g/mol. The van der Waals surface area contributed by atoms with E-state index in [0.29, 0.717) is 22.0 Å². The first-order valence-corrected chi connectivity index (χ1v) is 5.93. The molecule has 0 saturated heterocycles. The molecule has 84 valence electrons. The van der Waals surface area contributed by atoms with Gasteiger partial charge in [-0.3, -0.25) is 0 Å². The molecule has 15 heavy (non-hydrogen) atoms. The Morgan fingerprint density at radius 2 is 1.80 bits per heavy atom. The molecule has 0 saturated carbocycles. The van der Waals surface area contributed by atoms with Gasteiger partial charge < -0.3 is 5.32 Å². The van der Waals surface area contributed by atoms with Crippen molar-refractivity contribution in [2.24, 2.45) is 5.92 Å². The van der Waals surface area contributed by atoms with Crippen LogP contribution < -0.4 is 5.32 Å². The summed E-state index contributed by atoms with van der Waals surface area (Å²) in [7, 11) is 0. The third-order valence-corrected chi connectivity index (χ3v) is 3.35. The molecule has 0 radical (unpaired) electrons. The fourth-order valence-electron chi connectivity index (χ4n) is 1.16. The third-order valence-electron chi connectivity index (χ3n) is 2.61. The predicted octanol–water partition coefficient (Wildman–Crippen LogP) is 4.13. The van der Waals surface area contributed by atoms with Gasteiger partial charge in [0, 0.05) is 12.6 Å². The van der Waals surface area contributed by atoms with Crippen LogP contribution in [0, 0.1) is 5.92 Å². The van der Waals surface area contributed by atoms with E-state index in [9.17, 15) is 0 Å². The summed E-state index contributed by atoms with van der Waals surface area (Å²) in [6, 6.07) is 6.23. The highest BCUT2D eigenvalue weighted by Gasteiger charge is 2.06. The minimum absolute atomic E-state index is 0.499. The topological polar surface area (TPSA) is 12.0 Å². The van der Waals surface area contributed by atoms with Gasteiger partial charge in [-0.05, 0) is 30.5 Å². The molecule has 1 unspecified atom stereocenters. The van der Waals surface area contributed by atoms with Crippen LogP contribution in [0.3, 0.4) is 0 Å². The van der Waals surface area contributed by atoms with Crippen LogP contribution in [-0.2, 0) is 6.54 Å². The Morgan fingerprint density at radius 1 is 1.13 bits per heavy atom. The quantitative estimate of drug-likeness (QED) is 0.842. The van der Waals surface area contributed by atoms with E-state index in [-0.39, 0.29) is 0 Å². The molecule has 0 aliphatic rings. The standard InChI is InChI=1S/C12H17Cl2N/c1-8(2)9(3)15-7-10-4-5-11(13)12(14)6-10/h4-6,8-9,15H,7H2,1-3H3. The number of hydrogen-bond acceptors (Lipinski definition) is 1. The van der Waals surface area contributed by atoms with Gasteiger partial charge in [0.2, 0.25) is 0 Å². The van der Waals surface area contributed by atoms with Crippen LogP contribution in [0.25, 0.3) is 0 Å². The van der Waals surface area contributed by atoms with Crippen molar-refractivity contribution in [3.8, 4) is 0 Å². The van der Waals surface area contributed by atoms with Crippen LogP contribution in [0.15, 0.2) is 18.2 Å². The number of benzene rings is 1.